The van der Waals surface area contributed by atoms with Crippen LogP contribution in [0.25, 0.3) is 0 Å². The van der Waals surface area contributed by atoms with Crippen LogP contribution >= 0.6 is 11.6 Å². The maximum atomic E-state index is 13.7. The number of nitrogens with one attached hydrogen (secondary N) is 2. The minimum absolute atomic E-state index is 0.0250. The molecule has 0 spiro atoms. The van der Waals surface area contributed by atoms with E-state index in [1.54, 1.807) is 6.07 Å². The highest BCUT2D eigenvalue weighted by Crippen LogP contribution is 2.29. The molecule has 0 radical (unpaired) electrons. The van der Waals surface area contributed by atoms with Gasteiger partial charge in [0.05, 0.1) is 18.3 Å². The van der Waals surface area contributed by atoms with Crippen LogP contribution in [0, 0.1) is 5.82 Å². The Morgan fingerprint density at radius 2 is 2.09 bits per heavy atom. The van der Waals surface area contributed by atoms with Gasteiger partial charge in [-0.2, -0.15) is 0 Å². The van der Waals surface area contributed by atoms with Gasteiger partial charge in [-0.1, -0.05) is 35.9 Å². The third kappa shape index (κ3) is 3.82. The van der Waals surface area contributed by atoms with Crippen molar-refractivity contribution >= 4 is 23.2 Å². The number of anilines is 1. The molecule has 120 valence electrons. The summed E-state index contributed by atoms with van der Waals surface area (Å²) in [6.45, 7) is 0.0250. The van der Waals surface area contributed by atoms with Gasteiger partial charge in [-0.15, -0.1) is 0 Å². The molecule has 2 N–H and O–H groups in total. The van der Waals surface area contributed by atoms with Gasteiger partial charge < -0.3 is 10.6 Å². The molecule has 0 unspecified atom stereocenters. The molecule has 23 heavy (non-hydrogen) atoms. The van der Waals surface area contributed by atoms with Crippen LogP contribution in [0.2, 0.25) is 5.02 Å². The van der Waals surface area contributed by atoms with Crippen molar-refractivity contribution in [3.05, 3.63) is 64.4 Å². The maximum Gasteiger partial charge on any atom is 0.239 e. The van der Waals surface area contributed by atoms with Crippen molar-refractivity contribution in [1.29, 1.82) is 0 Å². The summed E-state index contributed by atoms with van der Waals surface area (Å²) in [5.74, 6) is -0.616. The smallest absolute Gasteiger partial charge is 0.239 e. The standard InChI is InChI=1S/C18H18ClFN2O/c19-13-8-9-17(15(20)10-13)21-11-18(23)22-16-7-3-5-12-4-1-2-6-14(12)16/h1-2,4,6,8-10,16,21H,3,5,7,11H2,(H,22,23)/t16-/m0/s1. The van der Waals surface area contributed by atoms with E-state index in [1.807, 2.05) is 12.1 Å². The molecule has 1 atom stereocenters. The van der Waals surface area contributed by atoms with E-state index in [1.165, 1.54) is 23.3 Å². The number of carbonyl (C=O) groups is 1. The van der Waals surface area contributed by atoms with Gasteiger partial charge in [0.1, 0.15) is 5.82 Å². The molecule has 5 heteroatoms. The van der Waals surface area contributed by atoms with Crippen LogP contribution in [0.5, 0.6) is 0 Å². The monoisotopic (exact) mass is 332 g/mol. The highest BCUT2D eigenvalue weighted by Gasteiger charge is 2.21. The Bertz CT molecular complexity index is 720. The molecule has 3 nitrogen and oxygen atoms in total. The predicted octanol–water partition coefficient (Wildman–Crippen LogP) is 4.08. The minimum atomic E-state index is -0.465. The van der Waals surface area contributed by atoms with E-state index in [2.05, 4.69) is 22.8 Å². The van der Waals surface area contributed by atoms with E-state index in [9.17, 15) is 9.18 Å². The molecule has 2 aromatic rings. The molecule has 0 aliphatic heterocycles. The fraction of sp³-hybridized carbons (Fsp3) is 0.278. The Kier molecular flexibility index (Phi) is 4.82. The van der Waals surface area contributed by atoms with Crippen molar-refractivity contribution in [3.63, 3.8) is 0 Å². The lowest BCUT2D eigenvalue weighted by Gasteiger charge is -2.26. The lowest BCUT2D eigenvalue weighted by molar-refractivity contribution is -0.120. The number of halogens is 2. The van der Waals surface area contributed by atoms with E-state index in [0.717, 1.165) is 19.3 Å². The van der Waals surface area contributed by atoms with E-state index >= 15 is 0 Å². The van der Waals surface area contributed by atoms with Crippen LogP contribution < -0.4 is 10.6 Å². The number of hydrogen-bond acceptors (Lipinski definition) is 2. The highest BCUT2D eigenvalue weighted by atomic mass is 35.5. The van der Waals surface area contributed by atoms with E-state index < -0.39 is 5.82 Å². The average molecular weight is 333 g/mol. The number of aryl methyl sites for hydroxylation is 1. The van der Waals surface area contributed by atoms with Gasteiger partial charge >= 0.3 is 0 Å². The van der Waals surface area contributed by atoms with Gasteiger partial charge in [0.25, 0.3) is 0 Å². The third-order valence-corrected chi connectivity index (χ3v) is 4.31. The molecule has 0 saturated heterocycles. The van der Waals surface area contributed by atoms with Crippen molar-refractivity contribution in [1.82, 2.24) is 5.32 Å². The zero-order valence-electron chi connectivity index (χ0n) is 12.6. The molecule has 0 aromatic heterocycles. The minimum Gasteiger partial charge on any atom is -0.374 e. The summed E-state index contributed by atoms with van der Waals surface area (Å²) >= 11 is 5.71. The van der Waals surface area contributed by atoms with Crippen molar-refractivity contribution in [2.45, 2.75) is 25.3 Å². The first kappa shape index (κ1) is 15.8. The average Bonchev–Trinajstić information content (AvgIpc) is 2.54. The van der Waals surface area contributed by atoms with Gasteiger partial charge in [-0.3, -0.25) is 4.79 Å². The largest absolute Gasteiger partial charge is 0.374 e. The Morgan fingerprint density at radius 3 is 2.91 bits per heavy atom. The van der Waals surface area contributed by atoms with Crippen LogP contribution in [-0.4, -0.2) is 12.5 Å². The summed E-state index contributed by atoms with van der Waals surface area (Å²) in [6, 6.07) is 12.5. The van der Waals surface area contributed by atoms with Crippen molar-refractivity contribution in [2.75, 3.05) is 11.9 Å². The molecule has 1 aliphatic carbocycles. The summed E-state index contributed by atoms with van der Waals surface area (Å²) in [4.78, 5) is 12.2. The van der Waals surface area contributed by atoms with Gasteiger partial charge in [0.15, 0.2) is 0 Å². The summed E-state index contributed by atoms with van der Waals surface area (Å²) in [7, 11) is 0. The number of benzene rings is 2. The fourth-order valence-electron chi connectivity index (χ4n) is 2.96. The molecular formula is C18H18ClFN2O. The summed E-state index contributed by atoms with van der Waals surface area (Å²) in [6.07, 6.45) is 3.04. The molecular weight excluding hydrogens is 315 g/mol. The van der Waals surface area contributed by atoms with Gasteiger partial charge in [-0.05, 0) is 48.6 Å². The molecule has 2 aromatic carbocycles. The molecule has 1 aliphatic rings. The fourth-order valence-corrected chi connectivity index (χ4v) is 3.12. The number of amides is 1. The first-order chi connectivity index (χ1) is 11.1. The zero-order valence-corrected chi connectivity index (χ0v) is 13.4. The van der Waals surface area contributed by atoms with E-state index in [-0.39, 0.29) is 24.2 Å². The third-order valence-electron chi connectivity index (χ3n) is 4.08. The number of carbonyl (C=O) groups excluding carboxylic acids is 1. The Morgan fingerprint density at radius 1 is 1.26 bits per heavy atom. The molecule has 0 saturated carbocycles. The first-order valence-electron chi connectivity index (χ1n) is 7.69. The number of hydrogen-bond donors (Lipinski definition) is 2. The second-order valence-electron chi connectivity index (χ2n) is 5.69. The molecule has 0 fully saturated rings. The summed E-state index contributed by atoms with van der Waals surface area (Å²) in [5.41, 5.74) is 2.75. The van der Waals surface area contributed by atoms with Crippen LogP contribution in [0.1, 0.15) is 30.0 Å². The first-order valence-corrected chi connectivity index (χ1v) is 8.07. The zero-order chi connectivity index (χ0) is 16.2. The van der Waals surface area contributed by atoms with Crippen LogP contribution in [0.3, 0.4) is 0 Å². The Hall–Kier alpha value is -2.07. The van der Waals surface area contributed by atoms with Gasteiger partial charge in [0, 0.05) is 5.02 Å². The SMILES string of the molecule is O=C(CNc1ccc(Cl)cc1F)N[C@H]1CCCc2ccccc21. The molecule has 0 heterocycles. The normalized spacial score (nSPS) is 16.5. The van der Waals surface area contributed by atoms with Crippen molar-refractivity contribution in [2.24, 2.45) is 0 Å². The Labute approximate surface area is 139 Å². The van der Waals surface area contributed by atoms with Crippen molar-refractivity contribution < 1.29 is 9.18 Å². The van der Waals surface area contributed by atoms with Gasteiger partial charge in [-0.25, -0.2) is 4.39 Å². The highest BCUT2D eigenvalue weighted by molar-refractivity contribution is 6.30. The lowest BCUT2D eigenvalue weighted by atomic mass is 9.88. The molecule has 1 amide bonds. The van der Waals surface area contributed by atoms with E-state index in [4.69, 9.17) is 11.6 Å². The van der Waals surface area contributed by atoms with E-state index in [0.29, 0.717) is 5.02 Å². The molecule has 0 bridgehead atoms. The summed E-state index contributed by atoms with van der Waals surface area (Å²) < 4.78 is 13.7. The predicted molar refractivity (Wildman–Crippen MR) is 90.2 cm³/mol. The van der Waals surface area contributed by atoms with Crippen LogP contribution in [-0.2, 0) is 11.2 Å². The second-order valence-corrected chi connectivity index (χ2v) is 6.13. The second kappa shape index (κ2) is 7.01. The molecule has 3 rings (SSSR count). The number of rotatable bonds is 4. The Balaban J connectivity index is 1.60. The maximum absolute atomic E-state index is 13.7. The number of fused-ring (bicyclic) bond motifs is 1. The van der Waals surface area contributed by atoms with Gasteiger partial charge in [0.2, 0.25) is 5.91 Å². The topological polar surface area (TPSA) is 41.1 Å². The van der Waals surface area contributed by atoms with Crippen LogP contribution in [0.15, 0.2) is 42.5 Å². The quantitative estimate of drug-likeness (QED) is 0.885. The lowest BCUT2D eigenvalue weighted by Crippen LogP contribution is -2.35. The van der Waals surface area contributed by atoms with Crippen molar-refractivity contribution in [3.8, 4) is 0 Å². The van der Waals surface area contributed by atoms with Crippen LogP contribution in [0.4, 0.5) is 10.1 Å². The summed E-state index contributed by atoms with van der Waals surface area (Å²) in [5, 5.41) is 6.16.